The predicted molar refractivity (Wildman–Crippen MR) is 147 cm³/mol. The highest BCUT2D eigenvalue weighted by Crippen LogP contribution is 2.32. The van der Waals surface area contributed by atoms with E-state index in [4.69, 9.17) is 15.9 Å². The van der Waals surface area contributed by atoms with Gasteiger partial charge in [-0.2, -0.15) is 0 Å². The van der Waals surface area contributed by atoms with E-state index in [1.807, 2.05) is 31.2 Å². The van der Waals surface area contributed by atoms with Gasteiger partial charge in [-0.05, 0) is 66.6 Å². The topological polar surface area (TPSA) is 104 Å². The molecule has 37 heavy (non-hydrogen) atoms. The van der Waals surface area contributed by atoms with Gasteiger partial charge in [-0.3, -0.25) is 15.1 Å². The Labute approximate surface area is 218 Å². The average molecular weight is 498 g/mol. The zero-order valence-corrected chi connectivity index (χ0v) is 21.4. The van der Waals surface area contributed by atoms with Crippen LogP contribution in [-0.4, -0.2) is 47.7 Å². The predicted octanol–water partition coefficient (Wildman–Crippen LogP) is 4.48. The van der Waals surface area contributed by atoms with Crippen molar-refractivity contribution in [2.45, 2.75) is 51.6 Å². The summed E-state index contributed by atoms with van der Waals surface area (Å²) in [6, 6.07) is 15.1. The minimum atomic E-state index is 0.299. The number of nitrogens with zero attached hydrogens (tertiary/aromatic N) is 2. The van der Waals surface area contributed by atoms with Crippen LogP contribution in [0.4, 0.5) is 5.82 Å². The van der Waals surface area contributed by atoms with Crippen molar-refractivity contribution in [2.75, 3.05) is 25.4 Å². The van der Waals surface area contributed by atoms with Crippen LogP contribution in [-0.2, 0) is 17.8 Å². The van der Waals surface area contributed by atoms with Crippen LogP contribution in [0.2, 0.25) is 0 Å². The van der Waals surface area contributed by atoms with Crippen LogP contribution in [0, 0.1) is 12.3 Å². The summed E-state index contributed by atoms with van der Waals surface area (Å²) in [4.78, 5) is 17.6. The first-order valence-corrected chi connectivity index (χ1v) is 13.1. The molecule has 2 aromatic carbocycles. The van der Waals surface area contributed by atoms with Gasteiger partial charge in [-0.25, -0.2) is 4.98 Å². The summed E-state index contributed by atoms with van der Waals surface area (Å²) in [6.07, 6.45) is 8.91. The van der Waals surface area contributed by atoms with Gasteiger partial charge in [-0.15, -0.1) is 0 Å². The molecule has 2 aliphatic rings. The van der Waals surface area contributed by atoms with E-state index < -0.39 is 0 Å². The fourth-order valence-corrected chi connectivity index (χ4v) is 5.52. The third kappa shape index (κ3) is 5.52. The second kappa shape index (κ2) is 11.1. The summed E-state index contributed by atoms with van der Waals surface area (Å²) in [5, 5.41) is 11.5. The number of nitrogen functional groups attached to an aromatic ring is 1. The Hall–Kier alpha value is -3.71. The van der Waals surface area contributed by atoms with Gasteiger partial charge in [0.25, 0.3) is 0 Å². The third-order valence-corrected chi connectivity index (χ3v) is 7.67. The molecule has 1 aromatic heterocycles. The number of benzene rings is 2. The molecule has 5 rings (SSSR count). The van der Waals surface area contributed by atoms with Crippen LogP contribution in [0.25, 0.3) is 11.1 Å². The molecule has 2 heterocycles. The lowest BCUT2D eigenvalue weighted by molar-refractivity contribution is -0.109. The standard InChI is InChI=1S/C30H35N5O2/c1-20-6-7-23(16-28(20)37-13-11-33-19-36)29(31)27-15-24(17-34-30(27)32)22-9-8-21-10-12-35(18-25(21)14-22)26-4-2-3-5-26/h6-9,14-17,19,26,31H,2-5,10-13,18H2,1H3,(H2,32,34)(H,33,36). The Morgan fingerprint density at radius 2 is 2.00 bits per heavy atom. The number of nitrogens with two attached hydrogens (primary N) is 1. The molecule has 0 spiro atoms. The van der Waals surface area contributed by atoms with E-state index in [-0.39, 0.29) is 0 Å². The maximum absolute atomic E-state index is 10.5. The van der Waals surface area contributed by atoms with Crippen molar-refractivity contribution in [3.8, 4) is 16.9 Å². The number of hydrogen-bond donors (Lipinski definition) is 3. The molecule has 0 unspecified atom stereocenters. The summed E-state index contributed by atoms with van der Waals surface area (Å²) < 4.78 is 5.82. The zero-order chi connectivity index (χ0) is 25.8. The zero-order valence-electron chi connectivity index (χ0n) is 21.4. The van der Waals surface area contributed by atoms with Gasteiger partial charge < -0.3 is 15.8 Å². The Morgan fingerprint density at radius 1 is 1.16 bits per heavy atom. The number of aromatic nitrogens is 1. The summed E-state index contributed by atoms with van der Waals surface area (Å²) in [6.45, 7) is 4.89. The maximum atomic E-state index is 10.5. The minimum absolute atomic E-state index is 0.299. The molecule has 7 nitrogen and oxygen atoms in total. The fraction of sp³-hybridized carbons (Fsp3) is 0.367. The van der Waals surface area contributed by atoms with Crippen molar-refractivity contribution < 1.29 is 9.53 Å². The molecular formula is C30H35N5O2. The van der Waals surface area contributed by atoms with Crippen molar-refractivity contribution in [2.24, 2.45) is 0 Å². The Morgan fingerprint density at radius 3 is 2.81 bits per heavy atom. The van der Waals surface area contributed by atoms with Crippen molar-refractivity contribution in [3.63, 3.8) is 0 Å². The number of carbonyl (C=O) groups is 1. The molecule has 0 atom stereocenters. The summed E-state index contributed by atoms with van der Waals surface area (Å²) in [5.74, 6) is 1.01. The van der Waals surface area contributed by atoms with E-state index in [0.29, 0.717) is 48.0 Å². The third-order valence-electron chi connectivity index (χ3n) is 7.67. The maximum Gasteiger partial charge on any atom is 0.207 e. The van der Waals surface area contributed by atoms with Crippen molar-refractivity contribution >= 4 is 17.9 Å². The van der Waals surface area contributed by atoms with Gasteiger partial charge in [0.1, 0.15) is 18.2 Å². The lowest BCUT2D eigenvalue weighted by atomic mass is 9.93. The average Bonchev–Trinajstić information content (AvgIpc) is 3.46. The van der Waals surface area contributed by atoms with Gasteiger partial charge in [0.15, 0.2) is 0 Å². The van der Waals surface area contributed by atoms with E-state index in [2.05, 4.69) is 33.4 Å². The van der Waals surface area contributed by atoms with Gasteiger partial charge in [0, 0.05) is 42.0 Å². The van der Waals surface area contributed by atoms with Gasteiger partial charge >= 0.3 is 0 Å². The quantitative estimate of drug-likeness (QED) is 0.230. The van der Waals surface area contributed by atoms with Crippen LogP contribution < -0.4 is 15.8 Å². The van der Waals surface area contributed by atoms with Crippen LogP contribution in [0.5, 0.6) is 5.75 Å². The number of rotatable bonds is 9. The molecule has 7 heteroatoms. The smallest absolute Gasteiger partial charge is 0.207 e. The number of fused-ring (bicyclic) bond motifs is 1. The summed E-state index contributed by atoms with van der Waals surface area (Å²) >= 11 is 0. The monoisotopic (exact) mass is 497 g/mol. The highest BCUT2D eigenvalue weighted by molar-refractivity contribution is 6.14. The molecule has 0 saturated heterocycles. The van der Waals surface area contributed by atoms with Crippen LogP contribution in [0.1, 0.15) is 53.5 Å². The molecule has 1 saturated carbocycles. The second-order valence-corrected chi connectivity index (χ2v) is 10.1. The van der Waals surface area contributed by atoms with Crippen molar-refractivity contribution in [1.29, 1.82) is 5.41 Å². The number of ether oxygens (including phenoxy) is 1. The van der Waals surface area contributed by atoms with E-state index in [1.165, 1.54) is 36.8 Å². The number of pyridine rings is 1. The van der Waals surface area contributed by atoms with Crippen LogP contribution in [0.15, 0.2) is 48.7 Å². The Bertz CT molecular complexity index is 1300. The lowest BCUT2D eigenvalue weighted by Gasteiger charge is -2.33. The summed E-state index contributed by atoms with van der Waals surface area (Å²) in [7, 11) is 0. The molecule has 1 aliphatic heterocycles. The lowest BCUT2D eigenvalue weighted by Crippen LogP contribution is -2.37. The van der Waals surface area contributed by atoms with E-state index in [9.17, 15) is 4.79 Å². The van der Waals surface area contributed by atoms with E-state index in [0.717, 1.165) is 42.2 Å². The molecule has 0 bridgehead atoms. The highest BCUT2D eigenvalue weighted by Gasteiger charge is 2.26. The Balaban J connectivity index is 1.38. The van der Waals surface area contributed by atoms with E-state index in [1.54, 1.807) is 6.20 Å². The van der Waals surface area contributed by atoms with Gasteiger partial charge in [-0.1, -0.05) is 37.1 Å². The van der Waals surface area contributed by atoms with E-state index >= 15 is 0 Å². The number of anilines is 1. The largest absolute Gasteiger partial charge is 0.491 e. The summed E-state index contributed by atoms with van der Waals surface area (Å²) in [5.41, 5.74) is 13.7. The number of hydrogen-bond acceptors (Lipinski definition) is 6. The first kappa shape index (κ1) is 25.0. The first-order valence-electron chi connectivity index (χ1n) is 13.1. The van der Waals surface area contributed by atoms with Gasteiger partial charge in [0.2, 0.25) is 6.41 Å². The SMILES string of the molecule is Cc1ccc(C(=N)c2cc(-c3ccc4c(c3)CN(C3CCCC3)CC4)cnc2N)cc1OCCNC=O. The molecule has 3 aromatic rings. The van der Waals surface area contributed by atoms with Crippen molar-refractivity contribution in [1.82, 2.24) is 15.2 Å². The van der Waals surface area contributed by atoms with Gasteiger partial charge in [0.05, 0.1) is 12.3 Å². The second-order valence-electron chi connectivity index (χ2n) is 10.1. The molecule has 192 valence electrons. The van der Waals surface area contributed by atoms with Crippen LogP contribution in [0.3, 0.4) is 0 Å². The number of nitrogens with one attached hydrogen (secondary N) is 2. The highest BCUT2D eigenvalue weighted by atomic mass is 16.5. The molecule has 1 aliphatic carbocycles. The molecule has 1 amide bonds. The fourth-order valence-electron chi connectivity index (χ4n) is 5.52. The minimum Gasteiger partial charge on any atom is -0.491 e. The number of carbonyl (C=O) groups excluding carboxylic acids is 1. The first-order chi connectivity index (χ1) is 18.0. The van der Waals surface area contributed by atoms with Crippen molar-refractivity contribution in [3.05, 3.63) is 76.5 Å². The molecule has 1 fully saturated rings. The molecular weight excluding hydrogens is 462 g/mol. The number of aryl methyl sites for hydroxylation is 1. The number of amides is 1. The molecule has 0 radical (unpaired) electrons. The molecule has 4 N–H and O–H groups in total. The Kier molecular flexibility index (Phi) is 7.51. The van der Waals surface area contributed by atoms with Crippen LogP contribution >= 0.6 is 0 Å². The normalized spacial score (nSPS) is 15.8.